The SMILES string of the molecule is COc1cccc(/C=N\OCC(=O)Nc2ccc(C)cc2)c1OC. The number of aryl methyl sites for hydroxylation is 1. The van der Waals surface area contributed by atoms with Crippen LogP contribution in [0.25, 0.3) is 0 Å². The highest BCUT2D eigenvalue weighted by Crippen LogP contribution is 2.29. The fourth-order valence-electron chi connectivity index (χ4n) is 2.04. The summed E-state index contributed by atoms with van der Waals surface area (Å²) < 4.78 is 10.5. The summed E-state index contributed by atoms with van der Waals surface area (Å²) in [5.41, 5.74) is 2.53. The van der Waals surface area contributed by atoms with E-state index in [2.05, 4.69) is 10.5 Å². The number of rotatable bonds is 7. The van der Waals surface area contributed by atoms with Gasteiger partial charge in [0.05, 0.1) is 20.4 Å². The molecule has 0 aliphatic rings. The molecule has 0 aliphatic heterocycles. The second-order valence-corrected chi connectivity index (χ2v) is 5.00. The van der Waals surface area contributed by atoms with Gasteiger partial charge in [0, 0.05) is 11.3 Å². The van der Waals surface area contributed by atoms with E-state index in [9.17, 15) is 4.79 Å². The minimum Gasteiger partial charge on any atom is -0.493 e. The molecule has 0 bridgehead atoms. The second kappa shape index (κ2) is 8.57. The molecule has 0 atom stereocenters. The third-order valence-corrected chi connectivity index (χ3v) is 3.23. The van der Waals surface area contributed by atoms with Crippen molar-refractivity contribution in [3.63, 3.8) is 0 Å². The summed E-state index contributed by atoms with van der Waals surface area (Å²) in [6.07, 6.45) is 1.47. The van der Waals surface area contributed by atoms with Crippen molar-refractivity contribution < 1.29 is 19.1 Å². The number of carbonyl (C=O) groups excluding carboxylic acids is 1. The van der Waals surface area contributed by atoms with Gasteiger partial charge in [0.1, 0.15) is 0 Å². The molecule has 6 nitrogen and oxygen atoms in total. The molecular formula is C18H20N2O4. The van der Waals surface area contributed by atoms with Crippen LogP contribution in [0.15, 0.2) is 47.6 Å². The molecule has 2 rings (SSSR count). The molecule has 0 spiro atoms. The van der Waals surface area contributed by atoms with Gasteiger partial charge < -0.3 is 19.6 Å². The summed E-state index contributed by atoms with van der Waals surface area (Å²) in [7, 11) is 3.11. The van der Waals surface area contributed by atoms with Crippen molar-refractivity contribution in [2.24, 2.45) is 5.16 Å². The molecule has 0 heterocycles. The zero-order chi connectivity index (χ0) is 17.4. The zero-order valence-corrected chi connectivity index (χ0v) is 13.9. The Kier molecular flexibility index (Phi) is 6.19. The molecular weight excluding hydrogens is 308 g/mol. The van der Waals surface area contributed by atoms with E-state index in [1.807, 2.05) is 37.3 Å². The Hall–Kier alpha value is -3.02. The van der Waals surface area contributed by atoms with Gasteiger partial charge >= 0.3 is 0 Å². The molecule has 0 saturated heterocycles. The standard InChI is InChI=1S/C18H20N2O4/c1-13-7-9-15(10-8-13)20-17(21)12-24-19-11-14-5-4-6-16(22-2)18(14)23-3/h4-11H,12H2,1-3H3,(H,20,21)/b19-11-. The maximum atomic E-state index is 11.8. The number of benzene rings is 2. The predicted octanol–water partition coefficient (Wildman–Crippen LogP) is 3.00. The maximum Gasteiger partial charge on any atom is 0.265 e. The van der Waals surface area contributed by atoms with E-state index in [0.717, 1.165) is 5.56 Å². The van der Waals surface area contributed by atoms with E-state index >= 15 is 0 Å². The van der Waals surface area contributed by atoms with Crippen molar-refractivity contribution in [2.75, 3.05) is 26.1 Å². The van der Waals surface area contributed by atoms with Crippen LogP contribution in [0.1, 0.15) is 11.1 Å². The molecule has 126 valence electrons. The van der Waals surface area contributed by atoms with Gasteiger partial charge in [0.15, 0.2) is 18.1 Å². The minimum atomic E-state index is -0.284. The number of oxime groups is 1. The number of anilines is 1. The minimum absolute atomic E-state index is 0.184. The molecule has 24 heavy (non-hydrogen) atoms. The average Bonchev–Trinajstić information content (AvgIpc) is 2.60. The monoisotopic (exact) mass is 328 g/mol. The predicted molar refractivity (Wildman–Crippen MR) is 92.9 cm³/mol. The number of amides is 1. The molecule has 0 saturated carbocycles. The first-order valence-electron chi connectivity index (χ1n) is 7.37. The molecule has 2 aromatic rings. The van der Waals surface area contributed by atoms with Crippen LogP contribution in [0.4, 0.5) is 5.69 Å². The quantitative estimate of drug-likeness (QED) is 0.626. The van der Waals surface area contributed by atoms with Crippen molar-refractivity contribution in [3.05, 3.63) is 53.6 Å². The first-order chi connectivity index (χ1) is 11.6. The fourth-order valence-corrected chi connectivity index (χ4v) is 2.04. The molecule has 1 N–H and O–H groups in total. The zero-order valence-electron chi connectivity index (χ0n) is 13.9. The first-order valence-corrected chi connectivity index (χ1v) is 7.37. The van der Waals surface area contributed by atoms with Gasteiger partial charge in [-0.25, -0.2) is 0 Å². The average molecular weight is 328 g/mol. The van der Waals surface area contributed by atoms with Crippen molar-refractivity contribution in [1.29, 1.82) is 0 Å². The van der Waals surface area contributed by atoms with E-state index < -0.39 is 0 Å². The molecule has 0 unspecified atom stereocenters. The van der Waals surface area contributed by atoms with Crippen LogP contribution in [-0.2, 0) is 9.63 Å². The van der Waals surface area contributed by atoms with Crippen LogP contribution in [0.5, 0.6) is 11.5 Å². The number of hydrogen-bond donors (Lipinski definition) is 1. The highest BCUT2D eigenvalue weighted by atomic mass is 16.6. The molecule has 0 aliphatic carbocycles. The van der Waals surface area contributed by atoms with Crippen LogP contribution >= 0.6 is 0 Å². The Labute approximate surface area is 141 Å². The molecule has 0 radical (unpaired) electrons. The van der Waals surface area contributed by atoms with Crippen LogP contribution in [0.3, 0.4) is 0 Å². The Morgan fingerprint density at radius 1 is 1.12 bits per heavy atom. The van der Waals surface area contributed by atoms with Crippen LogP contribution in [0.2, 0.25) is 0 Å². The summed E-state index contributed by atoms with van der Waals surface area (Å²) in [5.74, 6) is 0.864. The summed E-state index contributed by atoms with van der Waals surface area (Å²) >= 11 is 0. The van der Waals surface area contributed by atoms with E-state index in [1.165, 1.54) is 6.21 Å². The highest BCUT2D eigenvalue weighted by molar-refractivity contribution is 5.91. The Morgan fingerprint density at radius 3 is 2.54 bits per heavy atom. The van der Waals surface area contributed by atoms with Gasteiger partial charge in [-0.1, -0.05) is 28.9 Å². The number of ether oxygens (including phenoxy) is 2. The topological polar surface area (TPSA) is 69.2 Å². The largest absolute Gasteiger partial charge is 0.493 e. The van der Waals surface area contributed by atoms with Gasteiger partial charge in [-0.05, 0) is 31.2 Å². The van der Waals surface area contributed by atoms with Crippen molar-refractivity contribution >= 4 is 17.8 Å². The molecule has 0 aromatic heterocycles. The summed E-state index contributed by atoms with van der Waals surface area (Å²) in [5, 5.41) is 6.53. The number of nitrogens with one attached hydrogen (secondary N) is 1. The van der Waals surface area contributed by atoms with Gasteiger partial charge in [-0.3, -0.25) is 4.79 Å². The normalized spacial score (nSPS) is 10.5. The van der Waals surface area contributed by atoms with Crippen molar-refractivity contribution in [3.8, 4) is 11.5 Å². The lowest BCUT2D eigenvalue weighted by molar-refractivity contribution is -0.120. The summed E-state index contributed by atoms with van der Waals surface area (Å²) in [6, 6.07) is 12.9. The number of carbonyl (C=O) groups is 1. The van der Waals surface area contributed by atoms with E-state index in [-0.39, 0.29) is 12.5 Å². The van der Waals surface area contributed by atoms with Crippen molar-refractivity contribution in [1.82, 2.24) is 0 Å². The first kappa shape index (κ1) is 17.3. The van der Waals surface area contributed by atoms with Crippen LogP contribution < -0.4 is 14.8 Å². The third-order valence-electron chi connectivity index (χ3n) is 3.23. The Bertz CT molecular complexity index is 711. The lowest BCUT2D eigenvalue weighted by Crippen LogP contribution is -2.16. The fraction of sp³-hybridized carbons (Fsp3) is 0.222. The molecule has 2 aromatic carbocycles. The van der Waals surface area contributed by atoms with Gasteiger partial charge in [-0.15, -0.1) is 0 Å². The number of nitrogens with zero attached hydrogens (tertiary/aromatic N) is 1. The third kappa shape index (κ3) is 4.74. The van der Waals surface area contributed by atoms with Crippen LogP contribution in [0, 0.1) is 6.92 Å². The summed E-state index contributed by atoms with van der Waals surface area (Å²) in [6.45, 7) is 1.80. The lowest BCUT2D eigenvalue weighted by atomic mass is 10.2. The van der Waals surface area contributed by atoms with E-state index in [1.54, 1.807) is 26.4 Å². The lowest BCUT2D eigenvalue weighted by Gasteiger charge is -2.09. The smallest absolute Gasteiger partial charge is 0.265 e. The molecule has 0 fully saturated rings. The Morgan fingerprint density at radius 2 is 1.88 bits per heavy atom. The number of hydrogen-bond acceptors (Lipinski definition) is 5. The van der Waals surface area contributed by atoms with Gasteiger partial charge in [0.2, 0.25) is 0 Å². The van der Waals surface area contributed by atoms with E-state index in [4.69, 9.17) is 14.3 Å². The molecule has 6 heteroatoms. The molecule has 1 amide bonds. The number of methoxy groups -OCH3 is 2. The maximum absolute atomic E-state index is 11.8. The second-order valence-electron chi connectivity index (χ2n) is 5.00. The van der Waals surface area contributed by atoms with Crippen molar-refractivity contribution in [2.45, 2.75) is 6.92 Å². The highest BCUT2D eigenvalue weighted by Gasteiger charge is 2.07. The van der Waals surface area contributed by atoms with Gasteiger partial charge in [0.25, 0.3) is 5.91 Å². The van der Waals surface area contributed by atoms with Gasteiger partial charge in [-0.2, -0.15) is 0 Å². The number of para-hydroxylation sites is 1. The Balaban J connectivity index is 1.88. The van der Waals surface area contributed by atoms with E-state index in [0.29, 0.717) is 22.7 Å². The van der Waals surface area contributed by atoms with Crippen LogP contribution in [-0.4, -0.2) is 32.9 Å². The summed E-state index contributed by atoms with van der Waals surface area (Å²) in [4.78, 5) is 16.8.